The fourth-order valence-electron chi connectivity index (χ4n) is 6.84. The van der Waals surface area contributed by atoms with E-state index in [9.17, 15) is 33.9 Å². The van der Waals surface area contributed by atoms with E-state index in [4.69, 9.17) is 17.2 Å². The molecule has 0 aromatic heterocycles. The van der Waals surface area contributed by atoms with Crippen LogP contribution in [0.3, 0.4) is 0 Å². The van der Waals surface area contributed by atoms with E-state index < -0.39 is 71.5 Å². The minimum absolute atomic E-state index is 0.00425. The van der Waals surface area contributed by atoms with Gasteiger partial charge in [0.05, 0.1) is 18.0 Å². The molecule has 14 nitrogen and oxygen atoms in total. The quantitative estimate of drug-likeness (QED) is 0.0793. The Morgan fingerprint density at radius 1 is 0.830 bits per heavy atom. The Balaban J connectivity index is 1.89. The molecule has 53 heavy (non-hydrogen) atoms. The van der Waals surface area contributed by atoms with E-state index in [0.717, 1.165) is 35.7 Å². The number of carbonyl (C=O) groups is 6. The van der Waals surface area contributed by atoms with Gasteiger partial charge < -0.3 is 43.6 Å². The largest absolute Gasteiger partial charge is 0.481 e. The van der Waals surface area contributed by atoms with Gasteiger partial charge in [-0.05, 0) is 101 Å². The lowest BCUT2D eigenvalue weighted by molar-refractivity contribution is -0.144. The number of hydrogen-bond donors (Lipinski definition) is 8. The average molecular weight is 805 g/mol. The van der Waals surface area contributed by atoms with Gasteiger partial charge in [0.1, 0.15) is 18.1 Å². The van der Waals surface area contributed by atoms with Gasteiger partial charge in [-0.2, -0.15) is 0 Å². The Morgan fingerprint density at radius 3 is 1.98 bits per heavy atom. The number of rotatable bonds is 18. The molecule has 1 aromatic rings. The Labute approximate surface area is 320 Å². The normalized spacial score (nSPS) is 22.9. The molecule has 0 spiro atoms. The first-order chi connectivity index (χ1) is 25.4. The van der Waals surface area contributed by atoms with Crippen LogP contribution in [0.4, 0.5) is 0 Å². The molecule has 1 fully saturated rings. The fraction of sp³-hybridized carbons (Fsp3) is 0.632. The number of amides is 4. The fourth-order valence-corrected chi connectivity index (χ4v) is 7.10. The maximum absolute atomic E-state index is 14.0. The van der Waals surface area contributed by atoms with Crippen molar-refractivity contribution in [2.75, 3.05) is 13.1 Å². The van der Waals surface area contributed by atoms with Gasteiger partial charge in [-0.25, -0.2) is 0 Å². The van der Waals surface area contributed by atoms with Gasteiger partial charge in [-0.1, -0.05) is 65.9 Å². The van der Waals surface area contributed by atoms with Gasteiger partial charge in [0.15, 0.2) is 5.78 Å². The van der Waals surface area contributed by atoms with Gasteiger partial charge in [0.25, 0.3) is 0 Å². The van der Waals surface area contributed by atoms with E-state index in [2.05, 4.69) is 37.2 Å². The van der Waals surface area contributed by atoms with Gasteiger partial charge >= 0.3 is 5.97 Å². The van der Waals surface area contributed by atoms with Crippen molar-refractivity contribution in [2.45, 2.75) is 127 Å². The number of nitrogens with two attached hydrogens (primary N) is 3. The van der Waals surface area contributed by atoms with Gasteiger partial charge in [0, 0.05) is 10.9 Å². The first kappa shape index (κ1) is 43.7. The summed E-state index contributed by atoms with van der Waals surface area (Å²) in [5.74, 6) is -4.45. The van der Waals surface area contributed by atoms with E-state index in [1.54, 1.807) is 12.2 Å². The summed E-state index contributed by atoms with van der Waals surface area (Å²) in [7, 11) is 0. The topological polar surface area (TPSA) is 249 Å². The van der Waals surface area contributed by atoms with E-state index in [0.29, 0.717) is 45.2 Å². The molecular weight excluding hydrogens is 746 g/mol. The van der Waals surface area contributed by atoms with E-state index in [1.165, 1.54) is 0 Å². The van der Waals surface area contributed by atoms with Crippen molar-refractivity contribution in [1.29, 1.82) is 0 Å². The van der Waals surface area contributed by atoms with Crippen molar-refractivity contribution in [1.82, 2.24) is 21.3 Å². The number of benzene rings is 1. The van der Waals surface area contributed by atoms with Crippen LogP contribution in [0.1, 0.15) is 95.5 Å². The molecule has 1 aliphatic carbocycles. The van der Waals surface area contributed by atoms with Crippen molar-refractivity contribution in [3.8, 4) is 0 Å². The number of hydrogen-bond acceptors (Lipinski definition) is 9. The number of carboxylic acid groups (broad SMARTS) is 1. The highest BCUT2D eigenvalue weighted by Gasteiger charge is 2.34. The van der Waals surface area contributed by atoms with Crippen LogP contribution >= 0.6 is 15.9 Å². The second kappa shape index (κ2) is 23.2. The van der Waals surface area contributed by atoms with Crippen LogP contribution in [0.15, 0.2) is 40.9 Å². The number of unbranched alkanes of at least 4 members (excludes halogenated alkanes) is 2. The molecule has 0 radical (unpaired) electrons. The number of aliphatic carboxylic acids is 1. The Morgan fingerprint density at radius 2 is 1.40 bits per heavy atom. The van der Waals surface area contributed by atoms with Crippen LogP contribution in [0, 0.1) is 11.8 Å². The number of ketones is 1. The summed E-state index contributed by atoms with van der Waals surface area (Å²) in [6.07, 6.45) is 10.4. The maximum atomic E-state index is 14.0. The molecule has 0 saturated heterocycles. The van der Waals surface area contributed by atoms with Crippen molar-refractivity contribution in [3.63, 3.8) is 0 Å². The molecule has 0 unspecified atom stereocenters. The molecule has 0 bridgehead atoms. The summed E-state index contributed by atoms with van der Waals surface area (Å²) in [6, 6.07) is 2.03. The first-order valence-electron chi connectivity index (χ1n) is 18.9. The van der Waals surface area contributed by atoms with Crippen LogP contribution in [-0.2, 0) is 35.2 Å². The zero-order valence-corrected chi connectivity index (χ0v) is 32.1. The van der Waals surface area contributed by atoms with E-state index in [-0.39, 0.29) is 44.4 Å². The molecule has 1 aromatic carbocycles. The van der Waals surface area contributed by atoms with Crippen LogP contribution in [0.2, 0.25) is 0 Å². The summed E-state index contributed by atoms with van der Waals surface area (Å²) < 4.78 is 0.831. The van der Waals surface area contributed by atoms with Gasteiger partial charge in [0.2, 0.25) is 23.6 Å². The van der Waals surface area contributed by atoms with E-state index >= 15 is 0 Å². The first-order valence-corrected chi connectivity index (χ1v) is 19.7. The third kappa shape index (κ3) is 15.3. The summed E-state index contributed by atoms with van der Waals surface area (Å²) >= 11 is 3.41. The zero-order chi connectivity index (χ0) is 38.8. The van der Waals surface area contributed by atoms with Crippen LogP contribution in [0.5, 0.6) is 0 Å². The third-order valence-electron chi connectivity index (χ3n) is 10.0. The summed E-state index contributed by atoms with van der Waals surface area (Å²) in [4.78, 5) is 80.5. The van der Waals surface area contributed by atoms with E-state index in [1.807, 2.05) is 24.3 Å². The molecule has 15 heteroatoms. The second-order valence-electron chi connectivity index (χ2n) is 14.3. The van der Waals surface area contributed by atoms with Crippen molar-refractivity contribution in [3.05, 3.63) is 46.5 Å². The third-order valence-corrected chi connectivity index (χ3v) is 10.5. The lowest BCUT2D eigenvalue weighted by atomic mass is 9.87. The van der Waals surface area contributed by atoms with Gasteiger partial charge in [-0.3, -0.25) is 28.8 Å². The van der Waals surface area contributed by atoms with Crippen LogP contribution in [0.25, 0.3) is 0 Å². The minimum atomic E-state index is -1.17. The highest BCUT2D eigenvalue weighted by atomic mass is 79.9. The highest BCUT2D eigenvalue weighted by Crippen LogP contribution is 2.32. The van der Waals surface area contributed by atoms with Crippen molar-refractivity contribution in [2.24, 2.45) is 29.0 Å². The Hall–Kier alpha value is -3.66. The van der Waals surface area contributed by atoms with Crippen LogP contribution < -0.4 is 38.5 Å². The molecule has 4 amide bonds. The van der Waals surface area contributed by atoms with Crippen molar-refractivity contribution >= 4 is 51.3 Å². The Bertz CT molecular complexity index is 1400. The summed E-state index contributed by atoms with van der Waals surface area (Å²) in [6.45, 7) is 0.793. The number of nitrogens with one attached hydrogen (secondary N) is 4. The number of Topliss-reactive ketones (excluding diaryl/α,β-unsaturated/α-hetero) is 1. The SMILES string of the molecule is NCCCC[C@@H]1NC(=O)[C@H](CCCCN)NC(=O)[C@@H](N)CC=CC[C@@H](C(=O)N[C@@H](Cc2ccc(Br)cc2)C(=O)C[C@@H](CC2CCCC2)C(=O)O)NC1=O. The summed E-state index contributed by atoms with van der Waals surface area (Å²) in [5.41, 5.74) is 18.2. The molecule has 1 heterocycles. The summed E-state index contributed by atoms with van der Waals surface area (Å²) in [5, 5.41) is 21.1. The monoisotopic (exact) mass is 803 g/mol. The minimum Gasteiger partial charge on any atom is -0.481 e. The molecule has 1 aliphatic heterocycles. The number of halogens is 1. The molecule has 1 saturated carbocycles. The number of carboxylic acids is 1. The molecule has 294 valence electrons. The molecular formula is C38H58BrN7O7. The Kier molecular flexibility index (Phi) is 19.1. The zero-order valence-electron chi connectivity index (χ0n) is 30.5. The average Bonchev–Trinajstić information content (AvgIpc) is 3.65. The second-order valence-corrected chi connectivity index (χ2v) is 15.2. The maximum Gasteiger partial charge on any atom is 0.306 e. The van der Waals surface area contributed by atoms with Crippen molar-refractivity contribution < 1.29 is 33.9 Å². The standard InChI is InChI=1S/C38H58BrN7O7/c39-27-17-15-25(16-18-27)22-32(33(47)23-26(38(52)53)21-24-9-1-2-10-24)46-37(51)30-12-4-3-11-28(42)34(48)43-29(13-5-7-19-40)35(49)45-31(36(50)44-30)14-6-8-20-41/h3-4,15-18,24,26,28-32H,1-2,5-14,19-23,40-42H2,(H,43,48)(H,44,50)(H,45,49)(H,46,51)(H,52,53)/t26-,28+,29+,30+,31+,32+/m1/s1. The number of carbonyl (C=O) groups excluding carboxylic acids is 5. The van der Waals surface area contributed by atoms with Crippen LogP contribution in [-0.4, -0.2) is 83.8 Å². The predicted octanol–water partition coefficient (Wildman–Crippen LogP) is 2.11. The molecule has 11 N–H and O–H groups in total. The molecule has 2 aliphatic rings. The smallest absolute Gasteiger partial charge is 0.306 e. The predicted molar refractivity (Wildman–Crippen MR) is 205 cm³/mol. The molecule has 3 rings (SSSR count). The lowest BCUT2D eigenvalue weighted by Crippen LogP contribution is -2.58. The highest BCUT2D eigenvalue weighted by molar-refractivity contribution is 9.10. The molecule has 6 atom stereocenters. The van der Waals surface area contributed by atoms with Gasteiger partial charge in [-0.15, -0.1) is 0 Å². The lowest BCUT2D eigenvalue weighted by Gasteiger charge is -2.27.